The lowest BCUT2D eigenvalue weighted by molar-refractivity contribution is 1.82. The molecule has 0 atom stereocenters. The third kappa shape index (κ3) is 1.11. The predicted octanol–water partition coefficient (Wildman–Crippen LogP) is 4.31. The van der Waals surface area contributed by atoms with Crippen LogP contribution < -0.4 is 0 Å². The lowest BCUT2D eigenvalue weighted by Crippen LogP contribution is -1.62. The monoisotopic (exact) mass is 238 g/mol. The van der Waals surface area contributed by atoms with E-state index in [9.17, 15) is 0 Å². The molecule has 0 aliphatic rings. The van der Waals surface area contributed by atoms with E-state index in [1.807, 2.05) is 12.1 Å². The van der Waals surface area contributed by atoms with Crippen molar-refractivity contribution in [3.05, 3.63) is 40.2 Å². The first-order valence-corrected chi connectivity index (χ1v) is 5.23. The number of rotatable bonds is 1. The summed E-state index contributed by atoms with van der Waals surface area (Å²) in [5.74, 6) is 0. The van der Waals surface area contributed by atoms with Gasteiger partial charge in [-0.05, 0) is 22.0 Å². The highest BCUT2D eigenvalue weighted by Gasteiger charge is 2.04. The van der Waals surface area contributed by atoms with E-state index in [0.29, 0.717) is 0 Å². The second kappa shape index (κ2) is 3.04. The molecule has 1 heterocycles. The lowest BCUT2D eigenvalue weighted by Gasteiger charge is -1.87. The second-order valence-corrected chi connectivity index (χ2v) is 4.36. The van der Waals surface area contributed by atoms with E-state index in [2.05, 4.69) is 40.7 Å². The standard InChI is InChI=1S/C10H7BrS/c1-2-8-10(11)7-5-3-4-6-9(7)12-8/h2-6H,1H2. The van der Waals surface area contributed by atoms with Gasteiger partial charge < -0.3 is 0 Å². The molecule has 2 aromatic rings. The summed E-state index contributed by atoms with van der Waals surface area (Å²) in [7, 11) is 0. The summed E-state index contributed by atoms with van der Waals surface area (Å²) in [5, 5.41) is 1.28. The van der Waals surface area contributed by atoms with Crippen LogP contribution in [0.4, 0.5) is 0 Å². The van der Waals surface area contributed by atoms with Crippen LogP contribution in [0.2, 0.25) is 0 Å². The zero-order valence-electron chi connectivity index (χ0n) is 6.38. The van der Waals surface area contributed by atoms with Crippen LogP contribution in [0, 0.1) is 0 Å². The van der Waals surface area contributed by atoms with Crippen LogP contribution in [0.1, 0.15) is 4.88 Å². The molecule has 0 nitrogen and oxygen atoms in total. The number of fused-ring (bicyclic) bond motifs is 1. The fraction of sp³-hybridized carbons (Fsp3) is 0. The first kappa shape index (κ1) is 8.02. The van der Waals surface area contributed by atoms with E-state index in [-0.39, 0.29) is 0 Å². The molecule has 0 bridgehead atoms. The lowest BCUT2D eigenvalue weighted by atomic mass is 10.2. The van der Waals surface area contributed by atoms with Gasteiger partial charge in [-0.25, -0.2) is 0 Å². The molecule has 2 rings (SSSR count). The summed E-state index contributed by atoms with van der Waals surface area (Å²) in [5.41, 5.74) is 0. The number of thiophene rings is 1. The minimum Gasteiger partial charge on any atom is -0.135 e. The van der Waals surface area contributed by atoms with Gasteiger partial charge in [-0.3, -0.25) is 0 Å². The maximum Gasteiger partial charge on any atom is 0.0434 e. The molecule has 1 aromatic heterocycles. The Hall–Kier alpha value is -0.600. The van der Waals surface area contributed by atoms with Gasteiger partial charge in [0.15, 0.2) is 0 Å². The van der Waals surface area contributed by atoms with Crippen molar-refractivity contribution in [3.8, 4) is 0 Å². The van der Waals surface area contributed by atoms with Gasteiger partial charge in [-0.1, -0.05) is 30.9 Å². The number of hydrogen-bond donors (Lipinski definition) is 0. The van der Waals surface area contributed by atoms with Crippen LogP contribution in [0.3, 0.4) is 0 Å². The molecule has 0 radical (unpaired) electrons. The largest absolute Gasteiger partial charge is 0.135 e. The molecule has 0 aliphatic carbocycles. The fourth-order valence-electron chi connectivity index (χ4n) is 1.16. The smallest absolute Gasteiger partial charge is 0.0434 e. The Bertz CT molecular complexity index is 428. The molecule has 0 amide bonds. The first-order chi connectivity index (χ1) is 5.83. The predicted molar refractivity (Wildman–Crippen MR) is 59.6 cm³/mol. The topological polar surface area (TPSA) is 0 Å². The number of halogens is 1. The van der Waals surface area contributed by atoms with Crippen molar-refractivity contribution in [3.63, 3.8) is 0 Å². The summed E-state index contributed by atoms with van der Waals surface area (Å²) in [6.45, 7) is 3.77. The Morgan fingerprint density at radius 1 is 1.33 bits per heavy atom. The Morgan fingerprint density at radius 3 is 2.75 bits per heavy atom. The number of benzene rings is 1. The van der Waals surface area contributed by atoms with Gasteiger partial charge in [-0.2, -0.15) is 0 Å². The van der Waals surface area contributed by atoms with Crippen molar-refractivity contribution in [1.29, 1.82) is 0 Å². The van der Waals surface area contributed by atoms with Crippen LogP contribution in [0.25, 0.3) is 16.2 Å². The van der Waals surface area contributed by atoms with Gasteiger partial charge in [0.2, 0.25) is 0 Å². The summed E-state index contributed by atoms with van der Waals surface area (Å²) in [6.07, 6.45) is 1.88. The molecule has 0 fully saturated rings. The minimum absolute atomic E-state index is 1.16. The van der Waals surface area contributed by atoms with E-state index in [4.69, 9.17) is 0 Å². The number of hydrogen-bond acceptors (Lipinski definition) is 1. The quantitative estimate of drug-likeness (QED) is 0.695. The minimum atomic E-state index is 1.16. The molecule has 1 aromatic carbocycles. The fourth-order valence-corrected chi connectivity index (χ4v) is 2.99. The summed E-state index contributed by atoms with van der Waals surface area (Å²) < 4.78 is 2.47. The zero-order chi connectivity index (χ0) is 8.55. The van der Waals surface area contributed by atoms with Crippen LogP contribution in [0.5, 0.6) is 0 Å². The van der Waals surface area contributed by atoms with Crippen molar-refractivity contribution in [2.75, 3.05) is 0 Å². The van der Waals surface area contributed by atoms with Crippen molar-refractivity contribution >= 4 is 43.4 Å². The molecule has 0 aliphatic heterocycles. The molecule has 0 saturated heterocycles. The average Bonchev–Trinajstić information content (AvgIpc) is 2.44. The molecule has 0 saturated carbocycles. The molecule has 0 spiro atoms. The third-order valence-electron chi connectivity index (χ3n) is 1.75. The van der Waals surface area contributed by atoms with Crippen molar-refractivity contribution in [1.82, 2.24) is 0 Å². The third-order valence-corrected chi connectivity index (χ3v) is 4.03. The SMILES string of the molecule is C=Cc1sc2ccccc2c1Br. The molecule has 2 heteroatoms. The Labute approximate surface area is 83.7 Å². The molecule has 0 N–H and O–H groups in total. The normalized spacial score (nSPS) is 10.4. The molecular weight excluding hydrogens is 232 g/mol. The Morgan fingerprint density at radius 2 is 2.08 bits per heavy atom. The summed E-state index contributed by atoms with van der Waals surface area (Å²) in [4.78, 5) is 1.20. The van der Waals surface area contributed by atoms with E-state index >= 15 is 0 Å². The van der Waals surface area contributed by atoms with E-state index in [0.717, 1.165) is 4.47 Å². The first-order valence-electron chi connectivity index (χ1n) is 3.62. The summed E-state index contributed by atoms with van der Waals surface area (Å²) in [6, 6.07) is 8.34. The average molecular weight is 239 g/mol. The summed E-state index contributed by atoms with van der Waals surface area (Å²) >= 11 is 5.31. The molecule has 0 unspecified atom stereocenters. The Balaban J connectivity index is 2.87. The van der Waals surface area contributed by atoms with Gasteiger partial charge in [0.05, 0.1) is 0 Å². The van der Waals surface area contributed by atoms with Gasteiger partial charge in [0.1, 0.15) is 0 Å². The maximum atomic E-state index is 3.77. The highest BCUT2D eigenvalue weighted by atomic mass is 79.9. The van der Waals surface area contributed by atoms with Crippen molar-refractivity contribution < 1.29 is 0 Å². The van der Waals surface area contributed by atoms with Gasteiger partial charge in [0, 0.05) is 19.4 Å². The van der Waals surface area contributed by atoms with E-state index in [1.165, 1.54) is 15.0 Å². The van der Waals surface area contributed by atoms with Crippen LogP contribution in [-0.4, -0.2) is 0 Å². The van der Waals surface area contributed by atoms with E-state index in [1.54, 1.807) is 11.3 Å². The maximum absolute atomic E-state index is 3.77. The zero-order valence-corrected chi connectivity index (χ0v) is 8.78. The molecular formula is C10H7BrS. The molecule has 12 heavy (non-hydrogen) atoms. The highest BCUT2D eigenvalue weighted by molar-refractivity contribution is 9.10. The van der Waals surface area contributed by atoms with E-state index < -0.39 is 0 Å². The van der Waals surface area contributed by atoms with Crippen molar-refractivity contribution in [2.45, 2.75) is 0 Å². The van der Waals surface area contributed by atoms with Gasteiger partial charge in [0.25, 0.3) is 0 Å². The van der Waals surface area contributed by atoms with Gasteiger partial charge >= 0.3 is 0 Å². The van der Waals surface area contributed by atoms with Crippen LogP contribution in [-0.2, 0) is 0 Å². The van der Waals surface area contributed by atoms with Crippen LogP contribution in [0.15, 0.2) is 35.3 Å². The molecule has 60 valence electrons. The van der Waals surface area contributed by atoms with Crippen molar-refractivity contribution in [2.24, 2.45) is 0 Å². The second-order valence-electron chi connectivity index (χ2n) is 2.48. The van der Waals surface area contributed by atoms with Gasteiger partial charge in [-0.15, -0.1) is 11.3 Å². The Kier molecular flexibility index (Phi) is 2.03. The van der Waals surface area contributed by atoms with Crippen LogP contribution >= 0.6 is 27.3 Å². The highest BCUT2D eigenvalue weighted by Crippen LogP contribution is 2.35.